The lowest BCUT2D eigenvalue weighted by molar-refractivity contribution is -0.136. The molecule has 0 saturated heterocycles. The molecule has 0 aliphatic rings. The minimum absolute atomic E-state index is 0.00822. The number of carboxylic acid groups (broad SMARTS) is 1. The van der Waals surface area contributed by atoms with E-state index in [-0.39, 0.29) is 12.0 Å². The molecule has 110 valence electrons. The summed E-state index contributed by atoms with van der Waals surface area (Å²) in [4.78, 5) is 22.2. The van der Waals surface area contributed by atoms with Gasteiger partial charge in [0.1, 0.15) is 12.4 Å². The molecule has 0 saturated carbocycles. The summed E-state index contributed by atoms with van der Waals surface area (Å²) in [5, 5.41) is 12.8. The van der Waals surface area contributed by atoms with E-state index in [4.69, 9.17) is 9.84 Å². The Hall–Kier alpha value is -2.63. The van der Waals surface area contributed by atoms with E-state index in [0.717, 1.165) is 5.75 Å². The van der Waals surface area contributed by atoms with Crippen molar-refractivity contribution in [1.29, 1.82) is 0 Å². The molecule has 0 aliphatic heterocycles. The molecule has 1 aromatic carbocycles. The summed E-state index contributed by atoms with van der Waals surface area (Å²) < 4.78 is 6.80. The summed E-state index contributed by atoms with van der Waals surface area (Å²) in [6, 6.07) is 12.2. The van der Waals surface area contributed by atoms with Gasteiger partial charge in [0.2, 0.25) is 0 Å². The van der Waals surface area contributed by atoms with Crippen LogP contribution in [0.3, 0.4) is 0 Å². The Balaban J connectivity index is 1.94. The fourth-order valence-electron chi connectivity index (χ4n) is 1.79. The Kier molecular flexibility index (Phi) is 5.09. The fourth-order valence-corrected chi connectivity index (χ4v) is 1.79. The van der Waals surface area contributed by atoms with Crippen molar-refractivity contribution >= 4 is 5.97 Å². The number of ether oxygens (including phenoxy) is 1. The summed E-state index contributed by atoms with van der Waals surface area (Å²) >= 11 is 0. The van der Waals surface area contributed by atoms with Crippen LogP contribution in [-0.2, 0) is 17.8 Å². The van der Waals surface area contributed by atoms with Gasteiger partial charge >= 0.3 is 5.97 Å². The minimum Gasteiger partial charge on any atom is -0.492 e. The molecular formula is C15H16N2O4. The number of carbonyl (C=O) groups is 1. The first-order valence-corrected chi connectivity index (χ1v) is 6.62. The molecule has 6 heteroatoms. The molecule has 0 spiro atoms. The normalized spacial score (nSPS) is 10.3. The SMILES string of the molecule is O=C(O)CCc1ccc(=O)n(CCOc2ccccc2)n1. The van der Waals surface area contributed by atoms with Crippen molar-refractivity contribution in [3.63, 3.8) is 0 Å². The van der Waals surface area contributed by atoms with Crippen LogP contribution >= 0.6 is 0 Å². The van der Waals surface area contributed by atoms with Gasteiger partial charge in [-0.15, -0.1) is 0 Å². The molecule has 1 aromatic heterocycles. The van der Waals surface area contributed by atoms with Crippen molar-refractivity contribution in [2.75, 3.05) is 6.61 Å². The van der Waals surface area contributed by atoms with E-state index < -0.39 is 5.97 Å². The zero-order valence-electron chi connectivity index (χ0n) is 11.4. The third kappa shape index (κ3) is 4.76. The molecule has 1 heterocycles. The van der Waals surface area contributed by atoms with Crippen molar-refractivity contribution in [2.45, 2.75) is 19.4 Å². The highest BCUT2D eigenvalue weighted by Crippen LogP contribution is 2.07. The molecule has 0 unspecified atom stereocenters. The lowest BCUT2D eigenvalue weighted by Crippen LogP contribution is -2.26. The Labute approximate surface area is 121 Å². The van der Waals surface area contributed by atoms with E-state index in [1.165, 1.54) is 10.7 Å². The average molecular weight is 288 g/mol. The fraction of sp³-hybridized carbons (Fsp3) is 0.267. The Morgan fingerprint density at radius 2 is 1.95 bits per heavy atom. The number of para-hydroxylation sites is 1. The summed E-state index contributed by atoms with van der Waals surface area (Å²) in [7, 11) is 0. The summed E-state index contributed by atoms with van der Waals surface area (Å²) in [6.07, 6.45) is 0.293. The van der Waals surface area contributed by atoms with Crippen LogP contribution < -0.4 is 10.3 Å². The number of aryl methyl sites for hydroxylation is 1. The van der Waals surface area contributed by atoms with Gasteiger partial charge < -0.3 is 9.84 Å². The zero-order valence-corrected chi connectivity index (χ0v) is 11.4. The van der Waals surface area contributed by atoms with Crippen LogP contribution in [0, 0.1) is 0 Å². The molecule has 0 fully saturated rings. The molecule has 6 nitrogen and oxygen atoms in total. The van der Waals surface area contributed by atoms with Crippen molar-refractivity contribution < 1.29 is 14.6 Å². The second-order valence-electron chi connectivity index (χ2n) is 4.44. The average Bonchev–Trinajstić information content (AvgIpc) is 2.49. The van der Waals surface area contributed by atoms with Gasteiger partial charge in [-0.1, -0.05) is 18.2 Å². The van der Waals surface area contributed by atoms with Gasteiger partial charge in [-0.2, -0.15) is 5.10 Å². The van der Waals surface area contributed by atoms with Crippen molar-refractivity contribution in [2.24, 2.45) is 0 Å². The van der Waals surface area contributed by atoms with Crippen LogP contribution in [0.25, 0.3) is 0 Å². The number of aromatic nitrogens is 2. The Bertz CT molecular complexity index is 652. The molecule has 2 rings (SSSR count). The van der Waals surface area contributed by atoms with Crippen molar-refractivity contribution in [3.05, 3.63) is 58.5 Å². The van der Waals surface area contributed by atoms with Gasteiger partial charge in [0, 0.05) is 12.5 Å². The van der Waals surface area contributed by atoms with Crippen LogP contribution in [0.1, 0.15) is 12.1 Å². The number of hydrogen-bond donors (Lipinski definition) is 1. The molecule has 0 radical (unpaired) electrons. The highest BCUT2D eigenvalue weighted by Gasteiger charge is 2.04. The largest absolute Gasteiger partial charge is 0.492 e. The van der Waals surface area contributed by atoms with Crippen LogP contribution in [-0.4, -0.2) is 27.5 Å². The quantitative estimate of drug-likeness (QED) is 0.831. The number of nitrogens with zero attached hydrogens (tertiary/aromatic N) is 2. The Morgan fingerprint density at radius 3 is 2.67 bits per heavy atom. The number of aliphatic carboxylic acids is 1. The predicted molar refractivity (Wildman–Crippen MR) is 76.4 cm³/mol. The molecule has 0 atom stereocenters. The minimum atomic E-state index is -0.887. The van der Waals surface area contributed by atoms with E-state index in [2.05, 4.69) is 5.10 Å². The van der Waals surface area contributed by atoms with Gasteiger partial charge in [0.05, 0.1) is 18.7 Å². The summed E-state index contributed by atoms with van der Waals surface area (Å²) in [5.41, 5.74) is 0.349. The van der Waals surface area contributed by atoms with Gasteiger partial charge in [0.25, 0.3) is 5.56 Å². The van der Waals surface area contributed by atoms with Gasteiger partial charge in [-0.05, 0) is 18.2 Å². The van der Waals surface area contributed by atoms with E-state index in [1.54, 1.807) is 6.07 Å². The zero-order chi connectivity index (χ0) is 15.1. The highest BCUT2D eigenvalue weighted by molar-refractivity contribution is 5.66. The van der Waals surface area contributed by atoms with E-state index >= 15 is 0 Å². The lowest BCUT2D eigenvalue weighted by Gasteiger charge is -2.08. The molecule has 21 heavy (non-hydrogen) atoms. The van der Waals surface area contributed by atoms with Crippen LogP contribution in [0.15, 0.2) is 47.3 Å². The molecule has 2 aromatic rings. The second kappa shape index (κ2) is 7.23. The third-order valence-corrected chi connectivity index (χ3v) is 2.83. The topological polar surface area (TPSA) is 81.4 Å². The number of rotatable bonds is 7. The summed E-state index contributed by atoms with van der Waals surface area (Å²) in [5.74, 6) is -0.158. The van der Waals surface area contributed by atoms with Gasteiger partial charge in [-0.25, -0.2) is 4.68 Å². The number of benzene rings is 1. The smallest absolute Gasteiger partial charge is 0.303 e. The van der Waals surface area contributed by atoms with Crippen LogP contribution in [0.2, 0.25) is 0 Å². The van der Waals surface area contributed by atoms with E-state index in [1.807, 2.05) is 30.3 Å². The first kappa shape index (κ1) is 14.8. The van der Waals surface area contributed by atoms with Crippen LogP contribution in [0.4, 0.5) is 0 Å². The molecule has 0 bridgehead atoms. The van der Waals surface area contributed by atoms with Gasteiger partial charge in [-0.3, -0.25) is 9.59 Å². The third-order valence-electron chi connectivity index (χ3n) is 2.83. The monoisotopic (exact) mass is 288 g/mol. The predicted octanol–water partition coefficient (Wildman–Crippen LogP) is 1.34. The maximum absolute atomic E-state index is 11.7. The highest BCUT2D eigenvalue weighted by atomic mass is 16.5. The number of carboxylic acids is 1. The van der Waals surface area contributed by atoms with Gasteiger partial charge in [0.15, 0.2) is 0 Å². The molecular weight excluding hydrogens is 272 g/mol. The molecule has 0 amide bonds. The Morgan fingerprint density at radius 1 is 1.19 bits per heavy atom. The maximum atomic E-state index is 11.7. The molecule has 1 N–H and O–H groups in total. The van der Waals surface area contributed by atoms with Crippen molar-refractivity contribution in [3.8, 4) is 5.75 Å². The number of hydrogen-bond acceptors (Lipinski definition) is 4. The second-order valence-corrected chi connectivity index (χ2v) is 4.44. The van der Waals surface area contributed by atoms with Crippen molar-refractivity contribution in [1.82, 2.24) is 9.78 Å². The van der Waals surface area contributed by atoms with E-state index in [9.17, 15) is 9.59 Å². The first-order valence-electron chi connectivity index (χ1n) is 6.62. The molecule has 0 aliphatic carbocycles. The van der Waals surface area contributed by atoms with E-state index in [0.29, 0.717) is 25.3 Å². The maximum Gasteiger partial charge on any atom is 0.303 e. The first-order chi connectivity index (χ1) is 10.1. The lowest BCUT2D eigenvalue weighted by atomic mass is 10.2. The van der Waals surface area contributed by atoms with Crippen LogP contribution in [0.5, 0.6) is 5.75 Å². The summed E-state index contributed by atoms with van der Waals surface area (Å²) in [6.45, 7) is 0.633. The standard InChI is InChI=1S/C15H16N2O4/c18-14-8-6-12(7-9-15(19)20)16-17(14)10-11-21-13-4-2-1-3-5-13/h1-6,8H,7,9-11H2,(H,19,20).